The first-order valence-corrected chi connectivity index (χ1v) is 9.80. The first kappa shape index (κ1) is 20.2. The van der Waals surface area contributed by atoms with Gasteiger partial charge in [-0.3, -0.25) is 4.79 Å². The summed E-state index contributed by atoms with van der Waals surface area (Å²) < 4.78 is 5.69. The van der Waals surface area contributed by atoms with Gasteiger partial charge in [0, 0.05) is 6.92 Å². The molecule has 4 atom stereocenters. The predicted octanol–water partition coefficient (Wildman–Crippen LogP) is 5.19. The summed E-state index contributed by atoms with van der Waals surface area (Å²) in [5.41, 5.74) is 1.88. The Balaban J connectivity index is 2.45. The summed E-state index contributed by atoms with van der Waals surface area (Å²) in [5.74, 6) is 0.0707. The highest BCUT2D eigenvalue weighted by atomic mass is 16.5. The molecule has 0 aromatic carbocycles. The van der Waals surface area contributed by atoms with Gasteiger partial charge < -0.3 is 9.84 Å². The molecule has 0 unspecified atom stereocenters. The number of ether oxygens (including phenoxy) is 1. The maximum absolute atomic E-state index is 11.7. The molecule has 0 amide bonds. The Hall–Kier alpha value is -1.09. The smallest absolute Gasteiger partial charge is 0.303 e. The number of carbonyl (C=O) groups is 1. The number of hydrogen-bond donors (Lipinski definition) is 1. The van der Waals surface area contributed by atoms with Crippen LogP contribution in [0.1, 0.15) is 80.1 Å². The molecule has 0 heterocycles. The van der Waals surface area contributed by atoms with E-state index in [-0.39, 0.29) is 29.3 Å². The monoisotopic (exact) mass is 348 g/mol. The maximum atomic E-state index is 11.7. The average Bonchev–Trinajstić information content (AvgIpc) is 2.77. The number of rotatable bonds is 2. The van der Waals surface area contributed by atoms with Gasteiger partial charge in [-0.15, -0.1) is 0 Å². The van der Waals surface area contributed by atoms with Crippen molar-refractivity contribution < 1.29 is 14.6 Å². The summed E-state index contributed by atoms with van der Waals surface area (Å²) in [4.78, 5) is 11.7. The maximum Gasteiger partial charge on any atom is 0.303 e. The van der Waals surface area contributed by atoms with E-state index < -0.39 is 5.60 Å². The van der Waals surface area contributed by atoms with E-state index in [0.717, 1.165) is 37.7 Å². The minimum absolute atomic E-state index is 0.0449. The summed E-state index contributed by atoms with van der Waals surface area (Å²) in [6.07, 6.45) is 9.90. The van der Waals surface area contributed by atoms with Crippen LogP contribution in [0.25, 0.3) is 0 Å². The molecule has 3 heteroatoms. The molecule has 1 N–H and O–H groups in total. The van der Waals surface area contributed by atoms with Gasteiger partial charge >= 0.3 is 5.97 Å². The quantitative estimate of drug-likeness (QED) is 0.552. The second-order valence-corrected chi connectivity index (χ2v) is 8.93. The molecule has 1 fully saturated rings. The zero-order valence-electron chi connectivity index (χ0n) is 16.9. The normalized spacial score (nSPS) is 39.0. The SMILES string of the molecule is CC(=O)O[C@@H]1C[C@@H]2[C@@](C)(C/C=C(\C)CCC=C1C)CC[C@@]2(O)C(C)C. The number of fused-ring (bicyclic) bond motifs is 1. The van der Waals surface area contributed by atoms with Gasteiger partial charge in [-0.05, 0) is 75.2 Å². The Bertz CT molecular complexity index is 560. The molecule has 2 aliphatic carbocycles. The number of esters is 1. The molecular formula is C22H36O3. The van der Waals surface area contributed by atoms with Crippen LogP contribution in [0.5, 0.6) is 0 Å². The molecule has 0 radical (unpaired) electrons. The summed E-state index contributed by atoms with van der Waals surface area (Å²) in [7, 11) is 0. The molecule has 0 spiro atoms. The van der Waals surface area contributed by atoms with Crippen molar-refractivity contribution >= 4 is 5.97 Å². The lowest BCUT2D eigenvalue weighted by molar-refractivity contribution is -0.148. The molecule has 2 aliphatic rings. The average molecular weight is 349 g/mol. The summed E-state index contributed by atoms with van der Waals surface area (Å²) in [6.45, 7) is 12.3. The number of aliphatic hydroxyl groups is 1. The number of allylic oxidation sites excluding steroid dienone is 3. The standard InChI is InChI=1S/C22H36O3/c1-15(2)22(24)13-12-21(6)11-10-16(3)8-7-9-17(4)19(14-20(21)22)25-18(5)23/h9-10,15,19-20,24H,7-8,11-14H2,1-6H3/b16-10+,17-9?/t19-,20-,21+,22-/m1/s1. The van der Waals surface area contributed by atoms with Gasteiger partial charge in [0.05, 0.1) is 5.60 Å². The van der Waals surface area contributed by atoms with E-state index in [0.29, 0.717) is 6.42 Å². The van der Waals surface area contributed by atoms with Crippen LogP contribution in [0.15, 0.2) is 23.3 Å². The van der Waals surface area contributed by atoms with Gasteiger partial charge in [-0.1, -0.05) is 38.5 Å². The highest BCUT2D eigenvalue weighted by Crippen LogP contribution is 2.56. The lowest BCUT2D eigenvalue weighted by Crippen LogP contribution is -2.45. The fraction of sp³-hybridized carbons (Fsp3) is 0.773. The number of carbonyl (C=O) groups excluding carboxylic acids is 1. The van der Waals surface area contributed by atoms with Gasteiger partial charge in [-0.25, -0.2) is 0 Å². The van der Waals surface area contributed by atoms with Gasteiger partial charge in [-0.2, -0.15) is 0 Å². The zero-order valence-corrected chi connectivity index (χ0v) is 16.9. The van der Waals surface area contributed by atoms with E-state index in [1.165, 1.54) is 12.5 Å². The third kappa shape index (κ3) is 4.36. The third-order valence-electron chi connectivity index (χ3n) is 6.73. The van der Waals surface area contributed by atoms with Crippen LogP contribution in [0.2, 0.25) is 0 Å². The molecule has 0 bridgehead atoms. The Kier molecular flexibility index (Phi) is 6.19. The predicted molar refractivity (Wildman–Crippen MR) is 102 cm³/mol. The molecule has 142 valence electrons. The molecular weight excluding hydrogens is 312 g/mol. The Labute approximate surface area is 153 Å². The van der Waals surface area contributed by atoms with Gasteiger partial charge in [0.15, 0.2) is 0 Å². The number of hydrogen-bond acceptors (Lipinski definition) is 3. The molecule has 2 rings (SSSR count). The fourth-order valence-electron chi connectivity index (χ4n) is 4.77. The Morgan fingerprint density at radius 1 is 1.28 bits per heavy atom. The fourth-order valence-corrected chi connectivity index (χ4v) is 4.77. The van der Waals surface area contributed by atoms with Crippen molar-refractivity contribution in [3.8, 4) is 0 Å². The van der Waals surface area contributed by atoms with Gasteiger partial charge in [0.2, 0.25) is 0 Å². The van der Waals surface area contributed by atoms with Crippen LogP contribution in [-0.4, -0.2) is 22.8 Å². The van der Waals surface area contributed by atoms with E-state index in [1.807, 2.05) is 0 Å². The third-order valence-corrected chi connectivity index (χ3v) is 6.73. The molecule has 0 aromatic rings. The van der Waals surface area contributed by atoms with Crippen LogP contribution in [0.3, 0.4) is 0 Å². The second-order valence-electron chi connectivity index (χ2n) is 8.93. The summed E-state index contributed by atoms with van der Waals surface area (Å²) in [6, 6.07) is 0. The molecule has 0 aromatic heterocycles. The van der Waals surface area contributed by atoms with E-state index in [1.54, 1.807) is 0 Å². The van der Waals surface area contributed by atoms with E-state index >= 15 is 0 Å². The van der Waals surface area contributed by atoms with E-state index in [9.17, 15) is 9.90 Å². The van der Waals surface area contributed by atoms with Crippen molar-refractivity contribution in [3.63, 3.8) is 0 Å². The van der Waals surface area contributed by atoms with Gasteiger partial charge in [0.25, 0.3) is 0 Å². The summed E-state index contributed by atoms with van der Waals surface area (Å²) in [5, 5.41) is 11.5. The van der Waals surface area contributed by atoms with Crippen molar-refractivity contribution in [2.24, 2.45) is 17.3 Å². The van der Waals surface area contributed by atoms with Crippen LogP contribution in [0, 0.1) is 17.3 Å². The highest BCUT2D eigenvalue weighted by molar-refractivity contribution is 5.66. The topological polar surface area (TPSA) is 46.5 Å². The van der Waals surface area contributed by atoms with Crippen molar-refractivity contribution in [1.29, 1.82) is 0 Å². The van der Waals surface area contributed by atoms with Crippen LogP contribution >= 0.6 is 0 Å². The minimum atomic E-state index is -0.691. The molecule has 3 nitrogen and oxygen atoms in total. The second kappa shape index (κ2) is 7.65. The van der Waals surface area contributed by atoms with Crippen molar-refractivity contribution in [2.45, 2.75) is 91.8 Å². The molecule has 1 saturated carbocycles. The summed E-state index contributed by atoms with van der Waals surface area (Å²) >= 11 is 0. The van der Waals surface area contributed by atoms with Crippen molar-refractivity contribution in [1.82, 2.24) is 0 Å². The van der Waals surface area contributed by atoms with Crippen LogP contribution in [-0.2, 0) is 9.53 Å². The first-order valence-electron chi connectivity index (χ1n) is 9.80. The Morgan fingerprint density at radius 3 is 2.56 bits per heavy atom. The van der Waals surface area contributed by atoms with Crippen LogP contribution < -0.4 is 0 Å². The minimum Gasteiger partial charge on any atom is -0.458 e. The highest BCUT2D eigenvalue weighted by Gasteiger charge is 2.55. The molecule has 0 saturated heterocycles. The Morgan fingerprint density at radius 2 is 1.96 bits per heavy atom. The molecule has 0 aliphatic heterocycles. The van der Waals surface area contributed by atoms with Crippen LogP contribution in [0.4, 0.5) is 0 Å². The van der Waals surface area contributed by atoms with E-state index in [4.69, 9.17) is 4.74 Å². The van der Waals surface area contributed by atoms with E-state index in [2.05, 4.69) is 46.8 Å². The largest absolute Gasteiger partial charge is 0.458 e. The lowest BCUT2D eigenvalue weighted by atomic mass is 9.67. The van der Waals surface area contributed by atoms with Gasteiger partial charge in [0.1, 0.15) is 6.10 Å². The van der Waals surface area contributed by atoms with Crippen molar-refractivity contribution in [2.75, 3.05) is 0 Å². The zero-order chi connectivity index (χ0) is 18.8. The molecule has 25 heavy (non-hydrogen) atoms. The first-order chi connectivity index (χ1) is 11.6. The van der Waals surface area contributed by atoms with Crippen molar-refractivity contribution in [3.05, 3.63) is 23.3 Å². The lowest BCUT2D eigenvalue weighted by Gasteiger charge is -2.42.